The molecule has 34 heavy (non-hydrogen) atoms. The first-order valence-electron chi connectivity index (χ1n) is 10.7. The topological polar surface area (TPSA) is 102 Å². The van der Waals surface area contributed by atoms with Crippen LogP contribution in [0.1, 0.15) is 24.4 Å². The summed E-state index contributed by atoms with van der Waals surface area (Å²) in [5.41, 5.74) is 2.18. The Balaban J connectivity index is 1.54. The number of ether oxygens (including phenoxy) is 1. The van der Waals surface area contributed by atoms with Gasteiger partial charge in [-0.1, -0.05) is 48.2 Å². The molecule has 11 heteroatoms. The van der Waals surface area contributed by atoms with E-state index in [9.17, 15) is 14.0 Å². The molecule has 2 amide bonds. The smallest absolute Gasteiger partial charge is 0.338 e. The molecule has 5 rings (SSSR count). The molecule has 2 heterocycles. The number of carbonyl (C=O) groups is 2. The largest absolute Gasteiger partial charge is 0.466 e. The molecule has 1 aliphatic heterocycles. The third kappa shape index (κ3) is 4.26. The zero-order valence-electron chi connectivity index (χ0n) is 18.2. The molecule has 1 N–H and O–H groups in total. The summed E-state index contributed by atoms with van der Waals surface area (Å²) in [6.45, 7) is 0. The molecule has 0 spiro atoms. The Morgan fingerprint density at radius 2 is 2.00 bits per heavy atom. The van der Waals surface area contributed by atoms with Crippen LogP contribution >= 0.6 is 11.8 Å². The van der Waals surface area contributed by atoms with Crippen LogP contribution in [-0.2, 0) is 9.53 Å². The van der Waals surface area contributed by atoms with Crippen LogP contribution in [0.25, 0.3) is 5.69 Å². The molecule has 174 valence electrons. The van der Waals surface area contributed by atoms with Gasteiger partial charge in [0, 0.05) is 17.5 Å². The van der Waals surface area contributed by atoms with Gasteiger partial charge in [0.15, 0.2) is 0 Å². The summed E-state index contributed by atoms with van der Waals surface area (Å²) in [6.07, 6.45) is 1.71. The fourth-order valence-corrected chi connectivity index (χ4v) is 4.88. The highest BCUT2D eigenvalue weighted by Gasteiger charge is 2.44. The number of nitrogens with one attached hydrogen (secondary N) is 1. The van der Waals surface area contributed by atoms with E-state index in [4.69, 9.17) is 4.74 Å². The van der Waals surface area contributed by atoms with E-state index < -0.39 is 17.8 Å². The van der Waals surface area contributed by atoms with Crippen LogP contribution in [0.5, 0.6) is 0 Å². The van der Waals surface area contributed by atoms with Crippen LogP contribution in [0.2, 0.25) is 0 Å². The van der Waals surface area contributed by atoms with Gasteiger partial charge >= 0.3 is 12.0 Å². The Kier molecular flexibility index (Phi) is 6.01. The molecule has 2 aliphatic rings. The number of carbonyl (C=O) groups excluding carboxylic acids is 2. The molecule has 3 aromatic rings. The number of esters is 1. The second-order valence-electron chi connectivity index (χ2n) is 7.89. The van der Waals surface area contributed by atoms with Crippen molar-refractivity contribution in [2.24, 2.45) is 0 Å². The monoisotopic (exact) mass is 480 g/mol. The second kappa shape index (κ2) is 9.26. The molecule has 2 aromatic carbocycles. The number of hydrogen-bond donors (Lipinski definition) is 1. The summed E-state index contributed by atoms with van der Waals surface area (Å²) >= 11 is 1.26. The summed E-state index contributed by atoms with van der Waals surface area (Å²) < 4.78 is 20.3. The van der Waals surface area contributed by atoms with Gasteiger partial charge in [0.05, 0.1) is 24.4 Å². The van der Waals surface area contributed by atoms with Crippen LogP contribution in [0.4, 0.5) is 9.18 Å². The van der Waals surface area contributed by atoms with Gasteiger partial charge < -0.3 is 10.1 Å². The standard InChI is InChI=1S/C23H21FN6O3S/c1-33-21(31)19-18(13-34-23-26-27-28-30(23)17-9-5-8-15(24)12-17)29(16-10-11-16)22(32)25-20(19)14-6-3-2-4-7-14/h2-9,12,16,20H,10-11,13H2,1H3,(H,25,32). The minimum absolute atomic E-state index is 0.0196. The van der Waals surface area contributed by atoms with Crippen molar-refractivity contribution in [2.75, 3.05) is 12.9 Å². The maximum atomic E-state index is 13.7. The zero-order chi connectivity index (χ0) is 23.7. The van der Waals surface area contributed by atoms with Crippen LogP contribution < -0.4 is 5.32 Å². The normalized spacial score (nSPS) is 18.1. The van der Waals surface area contributed by atoms with E-state index in [-0.39, 0.29) is 17.8 Å². The number of tetrazole rings is 1. The van der Waals surface area contributed by atoms with Crippen molar-refractivity contribution in [3.8, 4) is 5.69 Å². The minimum atomic E-state index is -0.647. The van der Waals surface area contributed by atoms with Crippen molar-refractivity contribution in [3.63, 3.8) is 0 Å². The maximum absolute atomic E-state index is 13.7. The predicted molar refractivity (Wildman–Crippen MR) is 121 cm³/mol. The third-order valence-electron chi connectivity index (χ3n) is 5.66. The Bertz CT molecular complexity index is 1260. The fraction of sp³-hybridized carbons (Fsp3) is 0.261. The number of benzene rings is 2. The molecular formula is C23H21FN6O3S. The van der Waals surface area contributed by atoms with Gasteiger partial charge in [0.25, 0.3) is 0 Å². The Labute approximate surface area is 199 Å². The number of hydrogen-bond acceptors (Lipinski definition) is 7. The van der Waals surface area contributed by atoms with E-state index in [0.29, 0.717) is 22.1 Å². The fourth-order valence-electron chi connectivity index (χ4n) is 3.96. The van der Waals surface area contributed by atoms with Crippen molar-refractivity contribution in [3.05, 3.63) is 77.2 Å². The Morgan fingerprint density at radius 1 is 1.21 bits per heavy atom. The van der Waals surface area contributed by atoms with E-state index in [1.807, 2.05) is 30.3 Å². The molecule has 1 unspecified atom stereocenters. The first-order chi connectivity index (χ1) is 16.6. The molecule has 1 aromatic heterocycles. The molecule has 1 saturated carbocycles. The molecule has 0 saturated heterocycles. The molecular weight excluding hydrogens is 459 g/mol. The summed E-state index contributed by atoms with van der Waals surface area (Å²) in [5, 5.41) is 15.1. The van der Waals surface area contributed by atoms with Crippen LogP contribution in [0.15, 0.2) is 71.0 Å². The van der Waals surface area contributed by atoms with E-state index in [1.54, 1.807) is 17.0 Å². The number of rotatable bonds is 7. The van der Waals surface area contributed by atoms with Crippen molar-refractivity contribution < 1.29 is 18.7 Å². The number of amides is 2. The molecule has 1 aliphatic carbocycles. The van der Waals surface area contributed by atoms with E-state index in [1.165, 1.54) is 35.7 Å². The van der Waals surface area contributed by atoms with Crippen LogP contribution in [-0.4, -0.2) is 56.0 Å². The molecule has 9 nitrogen and oxygen atoms in total. The minimum Gasteiger partial charge on any atom is -0.466 e. The van der Waals surface area contributed by atoms with Gasteiger partial charge in [0.2, 0.25) is 5.16 Å². The third-order valence-corrected chi connectivity index (χ3v) is 6.59. The van der Waals surface area contributed by atoms with Gasteiger partial charge in [-0.2, -0.15) is 4.68 Å². The first-order valence-corrected chi connectivity index (χ1v) is 11.7. The van der Waals surface area contributed by atoms with Crippen molar-refractivity contribution >= 4 is 23.8 Å². The van der Waals surface area contributed by atoms with Gasteiger partial charge in [0.1, 0.15) is 5.82 Å². The Hall–Kier alpha value is -3.73. The zero-order valence-corrected chi connectivity index (χ0v) is 19.0. The number of halogens is 1. The van der Waals surface area contributed by atoms with Gasteiger partial charge in [-0.05, 0) is 47.0 Å². The number of methoxy groups -OCH3 is 1. The van der Waals surface area contributed by atoms with Crippen LogP contribution in [0, 0.1) is 5.82 Å². The summed E-state index contributed by atoms with van der Waals surface area (Å²) in [6, 6.07) is 14.3. The number of urea groups is 1. The number of nitrogens with zero attached hydrogens (tertiary/aromatic N) is 5. The molecule has 1 fully saturated rings. The van der Waals surface area contributed by atoms with Crippen molar-refractivity contribution in [1.29, 1.82) is 0 Å². The van der Waals surface area contributed by atoms with Gasteiger partial charge in [-0.15, -0.1) is 5.10 Å². The quantitative estimate of drug-likeness (QED) is 0.409. The van der Waals surface area contributed by atoms with E-state index in [0.717, 1.165) is 18.4 Å². The summed E-state index contributed by atoms with van der Waals surface area (Å²) in [7, 11) is 1.32. The van der Waals surface area contributed by atoms with Crippen molar-refractivity contribution in [2.45, 2.75) is 30.1 Å². The lowest BCUT2D eigenvalue weighted by atomic mass is 9.95. The lowest BCUT2D eigenvalue weighted by molar-refractivity contribution is -0.136. The lowest BCUT2D eigenvalue weighted by Gasteiger charge is -2.36. The maximum Gasteiger partial charge on any atom is 0.338 e. The molecule has 0 bridgehead atoms. The van der Waals surface area contributed by atoms with Crippen LogP contribution in [0.3, 0.4) is 0 Å². The highest BCUT2D eigenvalue weighted by molar-refractivity contribution is 7.99. The predicted octanol–water partition coefficient (Wildman–Crippen LogP) is 3.25. The first kappa shape index (κ1) is 22.1. The highest BCUT2D eigenvalue weighted by Crippen LogP contribution is 2.40. The van der Waals surface area contributed by atoms with Gasteiger partial charge in [-0.25, -0.2) is 14.0 Å². The highest BCUT2D eigenvalue weighted by atomic mass is 32.2. The van der Waals surface area contributed by atoms with Gasteiger partial charge in [-0.3, -0.25) is 4.90 Å². The van der Waals surface area contributed by atoms with E-state index in [2.05, 4.69) is 20.8 Å². The lowest BCUT2D eigenvalue weighted by Crippen LogP contribution is -2.50. The summed E-state index contributed by atoms with van der Waals surface area (Å²) in [5.74, 6) is -0.679. The average Bonchev–Trinajstić information content (AvgIpc) is 3.58. The molecule has 1 atom stereocenters. The molecule has 0 radical (unpaired) electrons. The van der Waals surface area contributed by atoms with Crippen molar-refractivity contribution in [1.82, 2.24) is 30.4 Å². The second-order valence-corrected chi connectivity index (χ2v) is 8.83. The number of aromatic nitrogens is 4. The SMILES string of the molecule is COC(=O)C1=C(CSc2nnnn2-c2cccc(F)c2)N(C2CC2)C(=O)NC1c1ccccc1. The Morgan fingerprint density at radius 3 is 2.71 bits per heavy atom. The van der Waals surface area contributed by atoms with E-state index >= 15 is 0 Å². The summed E-state index contributed by atoms with van der Waals surface area (Å²) in [4.78, 5) is 27.8. The average molecular weight is 481 g/mol. The number of thioether (sulfide) groups is 1.